The first-order valence-electron chi connectivity index (χ1n) is 7.50. The molecule has 1 amide bonds. The number of anilines is 1. The van der Waals surface area contributed by atoms with Crippen molar-refractivity contribution < 1.29 is 4.79 Å². The van der Waals surface area contributed by atoms with Gasteiger partial charge in [-0.05, 0) is 58.9 Å². The first-order chi connectivity index (χ1) is 10.7. The molecule has 6 heteroatoms. The molecule has 120 valence electrons. The normalized spacial score (nSPS) is 11.9. The van der Waals surface area contributed by atoms with Crippen LogP contribution >= 0.6 is 11.3 Å². The minimum Gasteiger partial charge on any atom is -0.321 e. The number of hydrogen-bond acceptors (Lipinski definition) is 4. The van der Waals surface area contributed by atoms with E-state index >= 15 is 0 Å². The second-order valence-corrected chi connectivity index (χ2v) is 7.86. The maximum atomic E-state index is 12.6. The summed E-state index contributed by atoms with van der Waals surface area (Å²) in [4.78, 5) is 17.1. The summed E-state index contributed by atoms with van der Waals surface area (Å²) in [6, 6.07) is 7.61. The van der Waals surface area contributed by atoms with Crippen LogP contribution in [0.5, 0.6) is 0 Å². The summed E-state index contributed by atoms with van der Waals surface area (Å²) >= 11 is 1.65. The number of aromatic nitrogens is 3. The molecule has 0 spiro atoms. The van der Waals surface area contributed by atoms with Crippen molar-refractivity contribution in [2.24, 2.45) is 0 Å². The number of carbonyl (C=O) groups excluding carboxylic acids is 1. The molecule has 0 fully saturated rings. The van der Waals surface area contributed by atoms with Crippen molar-refractivity contribution in [3.8, 4) is 0 Å². The molecule has 3 rings (SSSR count). The van der Waals surface area contributed by atoms with Crippen molar-refractivity contribution in [1.29, 1.82) is 0 Å². The molecule has 5 nitrogen and oxygen atoms in total. The molecule has 1 aromatic carbocycles. The molecule has 0 saturated carbocycles. The molecule has 0 saturated heterocycles. The molecular weight excluding hydrogens is 308 g/mol. The molecule has 0 atom stereocenters. The molecule has 2 heterocycles. The van der Waals surface area contributed by atoms with E-state index in [9.17, 15) is 4.79 Å². The standard InChI is InChI=1S/C17H20N4OS/c1-10-8-14(21(20-10)17(3,4)5)16(22)19-12-6-7-15-13(9-12)18-11(2)23-15/h6-9H,1-5H3,(H,19,22). The monoisotopic (exact) mass is 328 g/mol. The van der Waals surface area contributed by atoms with Crippen molar-refractivity contribution in [1.82, 2.24) is 14.8 Å². The Labute approximate surface area is 139 Å². The van der Waals surface area contributed by atoms with Crippen molar-refractivity contribution in [2.75, 3.05) is 5.32 Å². The zero-order valence-corrected chi connectivity index (χ0v) is 14.8. The van der Waals surface area contributed by atoms with Gasteiger partial charge in [0, 0.05) is 5.69 Å². The Balaban J connectivity index is 1.91. The van der Waals surface area contributed by atoms with E-state index < -0.39 is 0 Å². The number of aryl methyl sites for hydroxylation is 2. The Morgan fingerprint density at radius 2 is 1.96 bits per heavy atom. The lowest BCUT2D eigenvalue weighted by molar-refractivity contribution is 0.100. The van der Waals surface area contributed by atoms with Crippen molar-refractivity contribution >= 4 is 33.1 Å². The van der Waals surface area contributed by atoms with E-state index in [1.54, 1.807) is 16.0 Å². The Kier molecular flexibility index (Phi) is 3.72. The molecule has 0 bridgehead atoms. The number of nitrogens with zero attached hydrogens (tertiary/aromatic N) is 3. The number of benzene rings is 1. The first-order valence-corrected chi connectivity index (χ1v) is 8.31. The summed E-state index contributed by atoms with van der Waals surface area (Å²) in [5.74, 6) is -0.160. The number of rotatable bonds is 2. The molecule has 3 aromatic rings. The third-order valence-corrected chi connectivity index (χ3v) is 4.40. The van der Waals surface area contributed by atoms with Crippen LogP contribution in [0.15, 0.2) is 24.3 Å². The summed E-state index contributed by atoms with van der Waals surface area (Å²) in [6.45, 7) is 9.96. The molecule has 2 aromatic heterocycles. The fourth-order valence-corrected chi connectivity index (χ4v) is 3.30. The molecular formula is C17H20N4OS. The van der Waals surface area contributed by atoms with E-state index in [1.165, 1.54) is 0 Å². The minimum absolute atomic E-state index is 0.160. The van der Waals surface area contributed by atoms with Gasteiger partial charge in [0.2, 0.25) is 0 Å². The van der Waals surface area contributed by atoms with E-state index in [4.69, 9.17) is 0 Å². The topological polar surface area (TPSA) is 59.8 Å². The lowest BCUT2D eigenvalue weighted by atomic mass is 10.1. The summed E-state index contributed by atoms with van der Waals surface area (Å²) in [7, 11) is 0. The minimum atomic E-state index is -0.253. The van der Waals surface area contributed by atoms with Gasteiger partial charge in [-0.3, -0.25) is 9.48 Å². The SMILES string of the molecule is Cc1cc(C(=O)Nc2ccc3sc(C)nc3c2)n(C(C)(C)C)n1. The molecule has 0 aliphatic carbocycles. The summed E-state index contributed by atoms with van der Waals surface area (Å²) < 4.78 is 2.89. The maximum Gasteiger partial charge on any atom is 0.273 e. The lowest BCUT2D eigenvalue weighted by Crippen LogP contribution is -2.29. The zero-order chi connectivity index (χ0) is 16.8. The average Bonchev–Trinajstić information content (AvgIpc) is 2.99. The Bertz CT molecular complexity index is 886. The smallest absolute Gasteiger partial charge is 0.273 e. The van der Waals surface area contributed by atoms with Crippen molar-refractivity contribution in [3.05, 3.63) is 40.7 Å². The second kappa shape index (κ2) is 5.45. The average molecular weight is 328 g/mol. The van der Waals surface area contributed by atoms with E-state index in [2.05, 4.69) is 15.4 Å². The van der Waals surface area contributed by atoms with Crippen LogP contribution in [0.4, 0.5) is 5.69 Å². The van der Waals surface area contributed by atoms with Gasteiger partial charge in [0.05, 0.1) is 26.5 Å². The van der Waals surface area contributed by atoms with Crippen LogP contribution < -0.4 is 5.32 Å². The second-order valence-electron chi connectivity index (χ2n) is 6.62. The molecule has 0 aliphatic rings. The largest absolute Gasteiger partial charge is 0.321 e. The van der Waals surface area contributed by atoms with Gasteiger partial charge < -0.3 is 5.32 Å². The van der Waals surface area contributed by atoms with Gasteiger partial charge in [0.15, 0.2) is 0 Å². The third kappa shape index (κ3) is 3.12. The fourth-order valence-electron chi connectivity index (χ4n) is 2.49. The van der Waals surface area contributed by atoms with Gasteiger partial charge >= 0.3 is 0 Å². The molecule has 0 aliphatic heterocycles. The number of carbonyl (C=O) groups is 1. The van der Waals surface area contributed by atoms with Crippen LogP contribution in [-0.4, -0.2) is 20.7 Å². The number of hydrogen-bond donors (Lipinski definition) is 1. The van der Waals surface area contributed by atoms with Crippen LogP contribution in [0, 0.1) is 13.8 Å². The summed E-state index contributed by atoms with van der Waals surface area (Å²) in [6.07, 6.45) is 0. The third-order valence-electron chi connectivity index (χ3n) is 3.45. The van der Waals surface area contributed by atoms with Crippen LogP contribution in [0.2, 0.25) is 0 Å². The van der Waals surface area contributed by atoms with E-state index in [0.29, 0.717) is 5.69 Å². The maximum absolute atomic E-state index is 12.6. The highest BCUT2D eigenvalue weighted by molar-refractivity contribution is 7.18. The predicted molar refractivity (Wildman–Crippen MR) is 94.3 cm³/mol. The van der Waals surface area contributed by atoms with E-state index in [0.717, 1.165) is 26.6 Å². The molecule has 1 N–H and O–H groups in total. The van der Waals surface area contributed by atoms with E-state index in [-0.39, 0.29) is 11.4 Å². The van der Waals surface area contributed by atoms with Gasteiger partial charge in [0.25, 0.3) is 5.91 Å². The number of amides is 1. The van der Waals surface area contributed by atoms with Crippen LogP contribution in [-0.2, 0) is 5.54 Å². The summed E-state index contributed by atoms with van der Waals surface area (Å²) in [5.41, 5.74) is 2.79. The van der Waals surface area contributed by atoms with Crippen LogP contribution in [0.25, 0.3) is 10.2 Å². The number of nitrogens with one attached hydrogen (secondary N) is 1. The zero-order valence-electron chi connectivity index (χ0n) is 14.0. The van der Waals surface area contributed by atoms with Gasteiger partial charge in [0.1, 0.15) is 5.69 Å². The van der Waals surface area contributed by atoms with Crippen molar-refractivity contribution in [3.63, 3.8) is 0 Å². The first kappa shape index (κ1) is 15.7. The number of fused-ring (bicyclic) bond motifs is 1. The van der Waals surface area contributed by atoms with Crippen LogP contribution in [0.3, 0.4) is 0 Å². The Hall–Kier alpha value is -2.21. The molecule has 23 heavy (non-hydrogen) atoms. The molecule has 0 unspecified atom stereocenters. The Morgan fingerprint density at radius 3 is 2.65 bits per heavy atom. The van der Waals surface area contributed by atoms with Crippen molar-refractivity contribution in [2.45, 2.75) is 40.2 Å². The predicted octanol–water partition coefficient (Wildman–Crippen LogP) is 4.12. The fraction of sp³-hybridized carbons (Fsp3) is 0.353. The van der Waals surface area contributed by atoms with Gasteiger partial charge in [-0.1, -0.05) is 0 Å². The Morgan fingerprint density at radius 1 is 1.22 bits per heavy atom. The van der Waals surface area contributed by atoms with Gasteiger partial charge in [-0.2, -0.15) is 5.10 Å². The van der Waals surface area contributed by atoms with Gasteiger partial charge in [-0.15, -0.1) is 11.3 Å². The van der Waals surface area contributed by atoms with Gasteiger partial charge in [-0.25, -0.2) is 4.98 Å². The number of thiazole rings is 1. The highest BCUT2D eigenvalue weighted by Gasteiger charge is 2.23. The van der Waals surface area contributed by atoms with Crippen LogP contribution in [0.1, 0.15) is 42.0 Å². The summed E-state index contributed by atoms with van der Waals surface area (Å²) in [5, 5.41) is 8.41. The molecule has 0 radical (unpaired) electrons. The highest BCUT2D eigenvalue weighted by atomic mass is 32.1. The quantitative estimate of drug-likeness (QED) is 0.770. The lowest BCUT2D eigenvalue weighted by Gasteiger charge is -2.22. The highest BCUT2D eigenvalue weighted by Crippen LogP contribution is 2.25. The van der Waals surface area contributed by atoms with E-state index in [1.807, 2.05) is 58.9 Å².